The number of hydrogen-bond donors (Lipinski definition) is 0. The molecule has 7 atom stereocenters. The third-order valence-corrected chi connectivity index (χ3v) is 9.24. The number of carbonyl (C=O) groups is 2. The minimum atomic E-state index is -0.115. The maximum absolute atomic E-state index is 12.0. The Morgan fingerprint density at radius 1 is 1.08 bits per heavy atom. The van der Waals surface area contributed by atoms with Crippen LogP contribution in [0.1, 0.15) is 71.6 Å². The van der Waals surface area contributed by atoms with E-state index in [0.29, 0.717) is 28.4 Å². The van der Waals surface area contributed by atoms with Crippen LogP contribution in [0.3, 0.4) is 0 Å². The molecule has 140 valence electrons. The van der Waals surface area contributed by atoms with Gasteiger partial charge in [0.05, 0.1) is 0 Å². The highest BCUT2D eigenvalue weighted by Gasteiger charge is 2.61. The van der Waals surface area contributed by atoms with Crippen LogP contribution in [0.4, 0.5) is 0 Å². The van der Waals surface area contributed by atoms with Crippen molar-refractivity contribution in [3.8, 4) is 0 Å². The topological polar surface area (TPSA) is 43.4 Å². The van der Waals surface area contributed by atoms with Crippen molar-refractivity contribution >= 4 is 27.7 Å². The van der Waals surface area contributed by atoms with Gasteiger partial charge in [-0.3, -0.25) is 9.59 Å². The molecule has 4 saturated carbocycles. The predicted octanol–water partition coefficient (Wildman–Crippen LogP) is 4.90. The lowest BCUT2D eigenvalue weighted by Gasteiger charge is -2.60. The number of carbonyl (C=O) groups excluding carboxylic acids is 2. The van der Waals surface area contributed by atoms with Crippen LogP contribution < -0.4 is 0 Å². The van der Waals surface area contributed by atoms with Crippen LogP contribution in [0.2, 0.25) is 0 Å². The molecule has 3 nitrogen and oxygen atoms in total. The molecule has 0 aromatic heterocycles. The van der Waals surface area contributed by atoms with E-state index in [1.54, 1.807) is 0 Å². The van der Waals surface area contributed by atoms with Gasteiger partial charge < -0.3 is 4.74 Å². The lowest BCUT2D eigenvalue weighted by molar-refractivity contribution is -0.161. The molecule has 0 saturated heterocycles. The monoisotopic (exact) mass is 410 g/mol. The number of alkyl halides is 1. The molecule has 4 rings (SSSR count). The number of ketones is 1. The molecule has 0 spiro atoms. The Bertz CT molecular complexity index is 575. The Morgan fingerprint density at radius 3 is 2.60 bits per heavy atom. The molecule has 0 unspecified atom stereocenters. The molecule has 4 heteroatoms. The molecule has 4 aliphatic carbocycles. The highest BCUT2D eigenvalue weighted by Crippen LogP contribution is 2.66. The zero-order valence-corrected chi connectivity index (χ0v) is 17.1. The Morgan fingerprint density at radius 2 is 1.84 bits per heavy atom. The molecule has 0 aromatic rings. The van der Waals surface area contributed by atoms with Crippen LogP contribution in [-0.2, 0) is 14.3 Å². The van der Waals surface area contributed by atoms with E-state index in [-0.39, 0.29) is 17.5 Å². The van der Waals surface area contributed by atoms with E-state index >= 15 is 0 Å². The van der Waals surface area contributed by atoms with Gasteiger partial charge in [-0.25, -0.2) is 0 Å². The normalized spacial score (nSPS) is 49.1. The van der Waals surface area contributed by atoms with E-state index in [9.17, 15) is 9.59 Å². The summed E-state index contributed by atoms with van der Waals surface area (Å²) in [5, 5.41) is 0.296. The molecular weight excluding hydrogens is 380 g/mol. The summed E-state index contributed by atoms with van der Waals surface area (Å²) >= 11 is 3.23. The molecule has 0 amide bonds. The van der Waals surface area contributed by atoms with Crippen molar-refractivity contribution in [2.75, 3.05) is 5.33 Å². The van der Waals surface area contributed by atoms with Gasteiger partial charge in [0.2, 0.25) is 0 Å². The van der Waals surface area contributed by atoms with Crippen molar-refractivity contribution in [3.05, 3.63) is 0 Å². The first-order chi connectivity index (χ1) is 11.9. The van der Waals surface area contributed by atoms with E-state index in [1.165, 1.54) is 32.1 Å². The number of fused-ring (bicyclic) bond motifs is 5. The Hall–Kier alpha value is -0.380. The van der Waals surface area contributed by atoms with E-state index in [0.717, 1.165) is 37.5 Å². The largest absolute Gasteiger partial charge is 0.461 e. The van der Waals surface area contributed by atoms with Crippen LogP contribution in [0, 0.1) is 34.5 Å². The van der Waals surface area contributed by atoms with Gasteiger partial charge in [-0.2, -0.15) is 0 Å². The van der Waals surface area contributed by atoms with Crippen molar-refractivity contribution in [2.45, 2.75) is 77.7 Å². The van der Waals surface area contributed by atoms with Gasteiger partial charge in [0, 0.05) is 18.3 Å². The molecule has 0 heterocycles. The predicted molar refractivity (Wildman–Crippen MR) is 100 cm³/mol. The first-order valence-electron chi connectivity index (χ1n) is 10.2. The first kappa shape index (κ1) is 18.0. The summed E-state index contributed by atoms with van der Waals surface area (Å²) in [5.74, 6) is 3.21. The average Bonchev–Trinajstić information content (AvgIpc) is 2.92. The summed E-state index contributed by atoms with van der Waals surface area (Å²) < 4.78 is 5.83. The molecular formula is C21H31BrO3. The van der Waals surface area contributed by atoms with Gasteiger partial charge in [-0.15, -0.1) is 0 Å². The number of halogens is 1. The second-order valence-electron chi connectivity index (χ2n) is 9.63. The molecule has 4 aliphatic rings. The lowest BCUT2D eigenvalue weighted by Crippen LogP contribution is -2.54. The molecule has 0 N–H and O–H groups in total. The fraction of sp³-hybridized carbons (Fsp3) is 0.905. The minimum Gasteiger partial charge on any atom is -0.461 e. The van der Waals surface area contributed by atoms with Gasteiger partial charge >= 0.3 is 5.97 Å². The van der Waals surface area contributed by atoms with E-state index in [2.05, 4.69) is 29.8 Å². The fourth-order valence-electron chi connectivity index (χ4n) is 7.38. The molecule has 0 bridgehead atoms. The number of Topliss-reactive ketones (excluding diaryl/α,β-unsaturated/α-hetero) is 1. The van der Waals surface area contributed by atoms with Gasteiger partial charge in [0.25, 0.3) is 0 Å². The van der Waals surface area contributed by atoms with Crippen LogP contribution in [0.15, 0.2) is 0 Å². The van der Waals surface area contributed by atoms with E-state index < -0.39 is 0 Å². The van der Waals surface area contributed by atoms with Crippen LogP contribution >= 0.6 is 15.9 Å². The van der Waals surface area contributed by atoms with Crippen LogP contribution in [0.25, 0.3) is 0 Å². The van der Waals surface area contributed by atoms with E-state index in [1.807, 2.05) is 0 Å². The Balaban J connectivity index is 1.56. The molecule has 4 fully saturated rings. The highest BCUT2D eigenvalue weighted by atomic mass is 79.9. The lowest BCUT2D eigenvalue weighted by atomic mass is 9.45. The maximum Gasteiger partial charge on any atom is 0.316 e. The van der Waals surface area contributed by atoms with Gasteiger partial charge in [0.15, 0.2) is 0 Å². The quantitative estimate of drug-likeness (QED) is 0.479. The third kappa shape index (κ3) is 2.73. The number of ether oxygens (including phenoxy) is 1. The van der Waals surface area contributed by atoms with Crippen molar-refractivity contribution in [1.82, 2.24) is 0 Å². The number of esters is 1. The van der Waals surface area contributed by atoms with Gasteiger partial charge in [-0.05, 0) is 74.0 Å². The third-order valence-electron chi connectivity index (χ3n) is 8.78. The van der Waals surface area contributed by atoms with Crippen LogP contribution in [-0.4, -0.2) is 23.2 Å². The molecule has 0 aliphatic heterocycles. The van der Waals surface area contributed by atoms with Crippen molar-refractivity contribution < 1.29 is 14.3 Å². The van der Waals surface area contributed by atoms with Crippen molar-refractivity contribution in [1.29, 1.82) is 0 Å². The number of hydrogen-bond acceptors (Lipinski definition) is 3. The summed E-state index contributed by atoms with van der Waals surface area (Å²) in [7, 11) is 0. The summed E-state index contributed by atoms with van der Waals surface area (Å²) in [5.41, 5.74) is 0.523. The standard InChI is InChI=1S/C21H31BrO3/c1-20-9-7-14(23)11-13(20)3-4-15-16-5-6-18(25-19(24)12-22)21(16,2)10-8-17(15)20/h13,15-18H,3-12H2,1-2H3/t13-,15-,16-,17-,18-,20-,21-/m0/s1. The zero-order valence-electron chi connectivity index (χ0n) is 15.6. The van der Waals surface area contributed by atoms with Gasteiger partial charge in [0.1, 0.15) is 17.2 Å². The highest BCUT2D eigenvalue weighted by molar-refractivity contribution is 9.09. The maximum atomic E-state index is 12.0. The minimum absolute atomic E-state index is 0.0990. The second-order valence-corrected chi connectivity index (χ2v) is 10.2. The summed E-state index contributed by atoms with van der Waals surface area (Å²) in [4.78, 5) is 23.8. The average molecular weight is 411 g/mol. The molecule has 0 radical (unpaired) electrons. The smallest absolute Gasteiger partial charge is 0.316 e. The summed E-state index contributed by atoms with van der Waals surface area (Å²) in [6.07, 6.45) is 9.98. The van der Waals surface area contributed by atoms with Crippen molar-refractivity contribution in [3.63, 3.8) is 0 Å². The second kappa shape index (κ2) is 6.35. The van der Waals surface area contributed by atoms with Crippen LogP contribution in [0.5, 0.6) is 0 Å². The molecule has 25 heavy (non-hydrogen) atoms. The fourth-order valence-corrected chi connectivity index (χ4v) is 7.51. The van der Waals surface area contributed by atoms with E-state index in [4.69, 9.17) is 4.74 Å². The van der Waals surface area contributed by atoms with Gasteiger partial charge in [-0.1, -0.05) is 29.8 Å². The SMILES string of the molecule is C[C@]12CCC(=O)C[C@@H]1CC[C@@H]1[C@@H]2CC[C@]2(C)[C@@H](OC(=O)CBr)CC[C@@H]12. The molecule has 0 aromatic carbocycles. The summed E-state index contributed by atoms with van der Waals surface area (Å²) in [6, 6.07) is 0. The van der Waals surface area contributed by atoms with Crippen molar-refractivity contribution in [2.24, 2.45) is 34.5 Å². The first-order valence-corrected chi connectivity index (χ1v) is 11.3. The number of rotatable bonds is 2. The Labute approximate surface area is 159 Å². The summed E-state index contributed by atoms with van der Waals surface area (Å²) in [6.45, 7) is 4.87. The Kier molecular flexibility index (Phi) is 4.57. The zero-order chi connectivity index (χ0) is 17.8.